The van der Waals surface area contributed by atoms with Gasteiger partial charge in [-0.3, -0.25) is 0 Å². The fourth-order valence-electron chi connectivity index (χ4n) is 1.06. The number of benzene rings is 1. The summed E-state index contributed by atoms with van der Waals surface area (Å²) in [4.78, 5) is 10.6. The first-order chi connectivity index (χ1) is 6.93. The Morgan fingerprint density at radius 2 is 2.20 bits per heavy atom. The number of carbonyl (C=O) groups is 1. The topological polar surface area (TPSA) is 83.5 Å². The Balaban J connectivity index is 2.97. The van der Waals surface area contributed by atoms with Gasteiger partial charge in [0.05, 0.1) is 0 Å². The van der Waals surface area contributed by atoms with E-state index in [1.54, 1.807) is 12.1 Å². The Morgan fingerprint density at radius 3 is 2.73 bits per heavy atom. The van der Waals surface area contributed by atoms with Crippen LogP contribution < -0.4 is 9.01 Å². The maximum atomic E-state index is 10.6. The summed E-state index contributed by atoms with van der Waals surface area (Å²) in [5.74, 6) is -0.773. The predicted molar refractivity (Wildman–Crippen MR) is 59.8 cm³/mol. The zero-order valence-electron chi connectivity index (χ0n) is 7.58. The second-order valence-corrected chi connectivity index (χ2v) is 5.57. The van der Waals surface area contributed by atoms with Crippen LogP contribution in [0.1, 0.15) is 5.56 Å². The fourth-order valence-corrected chi connectivity index (χ4v) is 2.45. The van der Waals surface area contributed by atoms with Crippen LogP contribution >= 0.6 is 22.6 Å². The summed E-state index contributed by atoms with van der Waals surface area (Å²) in [6.07, 6.45) is 0.281. The molecule has 0 aliphatic heterocycles. The Bertz CT molecular complexity index is 397. The van der Waals surface area contributed by atoms with Crippen LogP contribution in [0.15, 0.2) is 12.1 Å². The molecule has 0 saturated carbocycles. The number of phenolic OH excluding ortho intramolecular Hbond substituents is 1. The average molecular weight is 516 g/mol. The van der Waals surface area contributed by atoms with E-state index in [-0.39, 0.29) is 12.2 Å². The van der Waals surface area contributed by atoms with Crippen molar-refractivity contribution in [2.24, 2.45) is 5.73 Å². The van der Waals surface area contributed by atoms with Crippen LogP contribution in [0.4, 0.5) is 0 Å². The minimum atomic E-state index is -1.01. The number of carboxylic acid groups (broad SMARTS) is 1. The van der Waals surface area contributed by atoms with E-state index in [1.165, 1.54) is 24.7 Å². The number of halogens is 1. The monoisotopic (exact) mass is 516 g/mol. The second kappa shape index (κ2) is 5.41. The van der Waals surface area contributed by atoms with Gasteiger partial charge in [0.15, 0.2) is 0 Å². The molecule has 0 radical (unpaired) electrons. The van der Waals surface area contributed by atoms with E-state index in [4.69, 9.17) is 10.8 Å². The number of phenols is 1. The van der Waals surface area contributed by atoms with Crippen molar-refractivity contribution in [3.8, 4) is 5.75 Å². The fraction of sp³-hybridized carbons (Fsp3) is 0.222. The molecule has 0 fully saturated rings. The molecule has 0 aliphatic rings. The van der Waals surface area contributed by atoms with Crippen molar-refractivity contribution in [2.75, 3.05) is 0 Å². The molecule has 1 rings (SSSR count). The third kappa shape index (κ3) is 3.26. The Kier molecular flexibility index (Phi) is 4.73. The summed E-state index contributed by atoms with van der Waals surface area (Å²) in [5, 5.41) is 18.1. The Labute approximate surface area is 116 Å². The number of aromatic hydroxyl groups is 1. The molecule has 0 heterocycles. The van der Waals surface area contributed by atoms with Gasteiger partial charge in [-0.05, 0) is 0 Å². The number of rotatable bonds is 3. The van der Waals surface area contributed by atoms with Gasteiger partial charge in [0.2, 0.25) is 0 Å². The predicted octanol–water partition coefficient (Wildman–Crippen LogP) is 0.126. The number of carboxylic acids is 1. The van der Waals surface area contributed by atoms with Crippen molar-refractivity contribution < 1.29 is 39.7 Å². The normalized spacial score (nSPS) is 12.5. The van der Waals surface area contributed by atoms with E-state index < -0.39 is 12.0 Å². The van der Waals surface area contributed by atoms with Crippen molar-refractivity contribution in [1.82, 2.24) is 0 Å². The molecule has 4 N–H and O–H groups in total. The molecule has 6 heteroatoms. The molecule has 1 atom stereocenters. The van der Waals surface area contributed by atoms with Crippen molar-refractivity contribution >= 4 is 31.8 Å². The van der Waals surface area contributed by atoms with Gasteiger partial charge in [-0.1, -0.05) is 0 Å². The molecule has 0 bridgehead atoms. The molecule has 1 aromatic rings. The molecule has 0 saturated heterocycles. The Hall–Kier alpha value is 0.0631. The minimum absolute atomic E-state index is 0.240. The van der Waals surface area contributed by atoms with Gasteiger partial charge < -0.3 is 0 Å². The van der Waals surface area contributed by atoms with Crippen molar-refractivity contribution in [3.05, 3.63) is 21.3 Å². The second-order valence-electron chi connectivity index (χ2n) is 3.02. The maximum absolute atomic E-state index is 10.6. The molecule has 0 aromatic heterocycles. The van der Waals surface area contributed by atoms with Gasteiger partial charge in [0.1, 0.15) is 0 Å². The van der Waals surface area contributed by atoms with Crippen LogP contribution in [-0.2, 0) is 11.2 Å². The molecular formula is C9H9AtINO3. The Morgan fingerprint density at radius 1 is 1.60 bits per heavy atom. The van der Waals surface area contributed by atoms with Crippen LogP contribution in [0.5, 0.6) is 5.75 Å². The van der Waals surface area contributed by atoms with Crippen molar-refractivity contribution in [3.63, 3.8) is 0 Å². The van der Waals surface area contributed by atoms with Gasteiger partial charge in [0, 0.05) is 0 Å². The van der Waals surface area contributed by atoms with Crippen LogP contribution in [-0.4, -0.2) is 22.2 Å². The van der Waals surface area contributed by atoms with Gasteiger partial charge in [-0.15, -0.1) is 0 Å². The van der Waals surface area contributed by atoms with Gasteiger partial charge >= 0.3 is 117 Å². The van der Waals surface area contributed by atoms with E-state index in [9.17, 15) is 9.90 Å². The van der Waals surface area contributed by atoms with Crippen LogP contribution in [0.2, 0.25) is 0 Å². The van der Waals surface area contributed by atoms with Gasteiger partial charge in [-0.2, -0.15) is 0 Å². The molecule has 15 heavy (non-hydrogen) atoms. The first-order valence-electron chi connectivity index (χ1n) is 4.07. The molecule has 4 nitrogen and oxygen atoms in total. The first-order valence-corrected chi connectivity index (χ1v) is 6.62. The first kappa shape index (κ1) is 13.1. The van der Waals surface area contributed by atoms with Crippen LogP contribution in [0.25, 0.3) is 0 Å². The zero-order valence-corrected chi connectivity index (χ0v) is 12.7. The van der Waals surface area contributed by atoms with Gasteiger partial charge in [-0.25, -0.2) is 0 Å². The molecule has 0 spiro atoms. The van der Waals surface area contributed by atoms with Crippen molar-refractivity contribution in [1.29, 1.82) is 0 Å². The van der Waals surface area contributed by atoms with Crippen molar-refractivity contribution in [2.45, 2.75) is 12.5 Å². The number of hydrogen-bond donors (Lipinski definition) is 3. The average Bonchev–Trinajstić information content (AvgIpc) is 2.18. The molecule has 82 valence electrons. The quantitative estimate of drug-likeness (QED) is 0.500. The summed E-state index contributed by atoms with van der Waals surface area (Å²) >= 11 is 3.45. The molecule has 1 aromatic carbocycles. The van der Waals surface area contributed by atoms with E-state index >= 15 is 0 Å². The SMILES string of the molecule is NC(Cc1ccc(O)c([At])c1I)C(=O)O. The summed E-state index contributed by atoms with van der Waals surface area (Å²) in [6.45, 7) is 0. The van der Waals surface area contributed by atoms with Gasteiger partial charge in [0.25, 0.3) is 0 Å². The molecule has 0 aliphatic carbocycles. The third-order valence-electron chi connectivity index (χ3n) is 1.90. The summed E-state index contributed by atoms with van der Waals surface area (Å²) in [5.41, 5.74) is 6.31. The van der Waals surface area contributed by atoms with Crippen LogP contribution in [0.3, 0.4) is 0 Å². The molecular weight excluding hydrogens is 507 g/mol. The number of aliphatic carboxylic acids is 1. The number of hydrogen-bond acceptors (Lipinski definition) is 3. The van der Waals surface area contributed by atoms with Crippen LogP contribution in [0, 0.1) is 28.3 Å². The summed E-state index contributed by atoms with van der Waals surface area (Å²) in [6, 6.07) is 2.39. The zero-order chi connectivity index (χ0) is 11.6. The molecule has 0 amide bonds. The van der Waals surface area contributed by atoms with E-state index in [0.29, 0.717) is 0 Å². The summed E-state index contributed by atoms with van der Waals surface area (Å²) < 4.78 is 1.70. The van der Waals surface area contributed by atoms with E-state index in [2.05, 4.69) is 22.6 Å². The number of nitrogens with two attached hydrogens (primary N) is 1. The molecule has 1 unspecified atom stereocenters. The van der Waals surface area contributed by atoms with E-state index in [1.807, 2.05) is 0 Å². The van der Waals surface area contributed by atoms with E-state index in [0.717, 1.165) is 12.4 Å². The standard InChI is InChI=1S/C9H9AtINO3/c10-7-6(13)2-1-4(8(7)11)3-5(12)9(14)15/h1-2,5,13H,3,12H2,(H,14,15). The third-order valence-corrected chi connectivity index (χ3v) is 6.05. The summed E-state index contributed by atoms with van der Waals surface area (Å²) in [7, 11) is 0.